The summed E-state index contributed by atoms with van der Waals surface area (Å²) in [5, 5.41) is 20.6. The number of benzene rings is 2. The van der Waals surface area contributed by atoms with Crippen molar-refractivity contribution in [3.63, 3.8) is 0 Å². The van der Waals surface area contributed by atoms with Crippen LogP contribution in [-0.2, 0) is 0 Å². The molecule has 1 amide bonds. The zero-order valence-corrected chi connectivity index (χ0v) is 16.0. The van der Waals surface area contributed by atoms with Crippen LogP contribution < -0.4 is 10.2 Å². The third-order valence-electron chi connectivity index (χ3n) is 5.02. The van der Waals surface area contributed by atoms with E-state index in [0.717, 1.165) is 30.2 Å². The number of nitrogens with one attached hydrogen (secondary N) is 1. The van der Waals surface area contributed by atoms with Gasteiger partial charge in [-0.05, 0) is 61.7 Å². The number of anilines is 2. The maximum atomic E-state index is 12.4. The molecule has 3 aromatic rings. The Kier molecular flexibility index (Phi) is 5.48. The number of carbonyl (C=O) groups is 1. The first-order chi connectivity index (χ1) is 14.2. The summed E-state index contributed by atoms with van der Waals surface area (Å²) in [6.45, 7) is 2.08. The molecule has 1 fully saturated rings. The van der Waals surface area contributed by atoms with Crippen LogP contribution in [0.2, 0.25) is 0 Å². The fourth-order valence-corrected chi connectivity index (χ4v) is 3.43. The van der Waals surface area contributed by atoms with Crippen LogP contribution in [0.3, 0.4) is 0 Å². The van der Waals surface area contributed by atoms with E-state index < -0.39 is 0 Å². The van der Waals surface area contributed by atoms with E-state index in [0.29, 0.717) is 16.8 Å². The molecule has 0 saturated carbocycles. The van der Waals surface area contributed by atoms with Gasteiger partial charge in [0.05, 0.1) is 17.3 Å². The molecule has 0 bridgehead atoms. The molecule has 29 heavy (non-hydrogen) atoms. The average Bonchev–Trinajstić information content (AvgIpc) is 2.80. The van der Waals surface area contributed by atoms with Gasteiger partial charge >= 0.3 is 0 Å². The molecule has 1 aromatic heterocycles. The lowest BCUT2D eigenvalue weighted by Gasteiger charge is -2.27. The quantitative estimate of drug-likeness (QED) is 0.728. The summed E-state index contributed by atoms with van der Waals surface area (Å²) in [4.78, 5) is 14.7. The molecule has 0 aliphatic carbocycles. The van der Waals surface area contributed by atoms with Gasteiger partial charge in [-0.1, -0.05) is 18.2 Å². The molecule has 0 atom stereocenters. The fourth-order valence-electron chi connectivity index (χ4n) is 3.43. The number of piperidine rings is 1. The van der Waals surface area contributed by atoms with Gasteiger partial charge in [0, 0.05) is 29.9 Å². The van der Waals surface area contributed by atoms with Gasteiger partial charge in [-0.3, -0.25) is 4.79 Å². The average molecular weight is 383 g/mol. The lowest BCUT2D eigenvalue weighted by molar-refractivity contribution is 0.102. The highest BCUT2D eigenvalue weighted by molar-refractivity contribution is 6.04. The maximum Gasteiger partial charge on any atom is 0.255 e. The van der Waals surface area contributed by atoms with E-state index in [1.165, 1.54) is 19.3 Å². The molecule has 1 aliphatic rings. The molecule has 2 aromatic carbocycles. The van der Waals surface area contributed by atoms with Crippen molar-refractivity contribution in [3.8, 4) is 17.3 Å². The minimum atomic E-state index is -0.250. The Bertz CT molecular complexity index is 1030. The molecule has 144 valence electrons. The predicted molar refractivity (Wildman–Crippen MR) is 113 cm³/mol. The van der Waals surface area contributed by atoms with Crippen molar-refractivity contribution < 1.29 is 4.79 Å². The number of carbonyl (C=O) groups excluding carboxylic acids is 1. The normalized spacial score (nSPS) is 13.6. The van der Waals surface area contributed by atoms with Crippen LogP contribution in [0.5, 0.6) is 0 Å². The van der Waals surface area contributed by atoms with Crippen LogP contribution in [0.4, 0.5) is 11.5 Å². The van der Waals surface area contributed by atoms with Crippen molar-refractivity contribution in [2.45, 2.75) is 19.3 Å². The Labute approximate surface area is 169 Å². The summed E-state index contributed by atoms with van der Waals surface area (Å²) in [5.41, 5.74) is 3.32. The first-order valence-corrected chi connectivity index (χ1v) is 9.73. The third-order valence-corrected chi connectivity index (χ3v) is 5.02. The van der Waals surface area contributed by atoms with E-state index in [1.54, 1.807) is 24.3 Å². The van der Waals surface area contributed by atoms with Crippen molar-refractivity contribution >= 4 is 17.4 Å². The van der Waals surface area contributed by atoms with Crippen LogP contribution in [0.25, 0.3) is 11.3 Å². The minimum absolute atomic E-state index is 0.250. The molecular formula is C23H21N5O. The molecule has 0 radical (unpaired) electrons. The summed E-state index contributed by atoms with van der Waals surface area (Å²) in [6.07, 6.45) is 3.70. The van der Waals surface area contributed by atoms with Crippen LogP contribution in [-0.4, -0.2) is 29.2 Å². The van der Waals surface area contributed by atoms with Gasteiger partial charge in [0.2, 0.25) is 0 Å². The Morgan fingerprint density at radius 2 is 1.76 bits per heavy atom. The van der Waals surface area contributed by atoms with E-state index in [2.05, 4.69) is 20.4 Å². The van der Waals surface area contributed by atoms with Gasteiger partial charge < -0.3 is 10.2 Å². The molecule has 1 aliphatic heterocycles. The second-order valence-corrected chi connectivity index (χ2v) is 7.05. The van der Waals surface area contributed by atoms with E-state index in [4.69, 9.17) is 5.26 Å². The van der Waals surface area contributed by atoms with Crippen molar-refractivity contribution in [3.05, 3.63) is 71.8 Å². The van der Waals surface area contributed by atoms with Crippen molar-refractivity contribution in [2.75, 3.05) is 23.3 Å². The summed E-state index contributed by atoms with van der Waals surface area (Å²) < 4.78 is 0. The predicted octanol–water partition coefficient (Wildman–Crippen LogP) is 4.26. The standard InChI is InChI=1S/C23H21N5O/c24-16-17-5-4-6-19(15-17)23(29)25-20-9-7-18(8-10-20)21-11-12-22(27-26-21)28-13-2-1-3-14-28/h4-12,15H,1-3,13-14H2,(H,25,29). The molecule has 4 rings (SSSR count). The molecule has 1 saturated heterocycles. The number of amides is 1. The van der Waals surface area contributed by atoms with Crippen LogP contribution in [0, 0.1) is 11.3 Å². The second kappa shape index (κ2) is 8.53. The Balaban J connectivity index is 1.43. The SMILES string of the molecule is N#Cc1cccc(C(=O)Nc2ccc(-c3ccc(N4CCCCC4)nn3)cc2)c1. The summed E-state index contributed by atoms with van der Waals surface area (Å²) in [6, 6.07) is 20.2. The summed E-state index contributed by atoms with van der Waals surface area (Å²) >= 11 is 0. The van der Waals surface area contributed by atoms with E-state index in [9.17, 15) is 4.79 Å². The monoisotopic (exact) mass is 383 g/mol. The summed E-state index contributed by atoms with van der Waals surface area (Å²) in [7, 11) is 0. The highest BCUT2D eigenvalue weighted by atomic mass is 16.1. The number of aromatic nitrogens is 2. The molecule has 6 nitrogen and oxygen atoms in total. The van der Waals surface area contributed by atoms with Gasteiger partial charge in [-0.25, -0.2) is 0 Å². The van der Waals surface area contributed by atoms with Crippen molar-refractivity contribution in [1.82, 2.24) is 10.2 Å². The lowest BCUT2D eigenvalue weighted by atomic mass is 10.1. The van der Waals surface area contributed by atoms with Gasteiger partial charge in [-0.2, -0.15) is 5.26 Å². The molecule has 0 spiro atoms. The first kappa shape index (κ1) is 18.6. The van der Waals surface area contributed by atoms with E-state index in [-0.39, 0.29) is 5.91 Å². The Morgan fingerprint density at radius 3 is 2.45 bits per heavy atom. The Morgan fingerprint density at radius 1 is 0.966 bits per heavy atom. The van der Waals surface area contributed by atoms with Gasteiger partial charge in [0.25, 0.3) is 5.91 Å². The van der Waals surface area contributed by atoms with Gasteiger partial charge in [-0.15, -0.1) is 10.2 Å². The third kappa shape index (κ3) is 4.41. The largest absolute Gasteiger partial charge is 0.355 e. The number of nitriles is 1. The highest BCUT2D eigenvalue weighted by Crippen LogP contribution is 2.22. The minimum Gasteiger partial charge on any atom is -0.355 e. The van der Waals surface area contributed by atoms with Gasteiger partial charge in [0.1, 0.15) is 0 Å². The molecule has 1 N–H and O–H groups in total. The smallest absolute Gasteiger partial charge is 0.255 e. The van der Waals surface area contributed by atoms with E-state index in [1.807, 2.05) is 42.5 Å². The van der Waals surface area contributed by atoms with Crippen LogP contribution in [0.15, 0.2) is 60.7 Å². The molecular weight excluding hydrogens is 362 g/mol. The topological polar surface area (TPSA) is 81.9 Å². The number of rotatable bonds is 4. The lowest BCUT2D eigenvalue weighted by Crippen LogP contribution is -2.30. The van der Waals surface area contributed by atoms with Crippen molar-refractivity contribution in [2.24, 2.45) is 0 Å². The molecule has 2 heterocycles. The second-order valence-electron chi connectivity index (χ2n) is 7.05. The van der Waals surface area contributed by atoms with Gasteiger partial charge in [0.15, 0.2) is 5.82 Å². The summed E-state index contributed by atoms with van der Waals surface area (Å²) in [5.74, 6) is 0.678. The van der Waals surface area contributed by atoms with E-state index >= 15 is 0 Å². The fraction of sp³-hybridized carbons (Fsp3) is 0.217. The maximum absolute atomic E-state index is 12.4. The zero-order chi connectivity index (χ0) is 20.1. The van der Waals surface area contributed by atoms with Crippen LogP contribution >= 0.6 is 0 Å². The number of hydrogen-bond acceptors (Lipinski definition) is 5. The molecule has 6 heteroatoms. The first-order valence-electron chi connectivity index (χ1n) is 9.73. The zero-order valence-electron chi connectivity index (χ0n) is 16.0. The highest BCUT2D eigenvalue weighted by Gasteiger charge is 2.13. The van der Waals surface area contributed by atoms with Crippen molar-refractivity contribution in [1.29, 1.82) is 5.26 Å². The Hall–Kier alpha value is -3.72. The number of nitrogens with zero attached hydrogens (tertiary/aromatic N) is 4. The number of hydrogen-bond donors (Lipinski definition) is 1. The van der Waals surface area contributed by atoms with Crippen LogP contribution in [0.1, 0.15) is 35.2 Å². The molecule has 0 unspecified atom stereocenters.